The average Bonchev–Trinajstić information content (AvgIpc) is 2.59. The zero-order chi connectivity index (χ0) is 7.03. The van der Waals surface area contributed by atoms with Gasteiger partial charge in [-0.1, -0.05) is 6.92 Å². The monoisotopic (exact) mass is 139 g/mol. The van der Waals surface area contributed by atoms with Crippen LogP contribution in [0.3, 0.4) is 0 Å². The van der Waals surface area contributed by atoms with Crippen LogP contribution in [0.1, 0.15) is 39.0 Å². The molecule has 1 heteroatoms. The predicted octanol–water partition coefficient (Wildman–Crippen LogP) is 1.93. The molecule has 0 aliphatic heterocycles. The molecule has 0 aromatic heterocycles. The van der Waals surface area contributed by atoms with Crippen molar-refractivity contribution < 1.29 is 0 Å². The molecule has 0 heterocycles. The lowest BCUT2D eigenvalue weighted by molar-refractivity contribution is 0.200. The molecule has 0 amide bonds. The van der Waals surface area contributed by atoms with Gasteiger partial charge < -0.3 is 5.32 Å². The first-order valence-electron chi connectivity index (χ1n) is 4.58. The molecule has 1 N–H and O–H groups in total. The lowest BCUT2D eigenvalue weighted by Gasteiger charge is -2.36. The third-order valence-electron chi connectivity index (χ3n) is 3.00. The Morgan fingerprint density at radius 1 is 1.40 bits per heavy atom. The van der Waals surface area contributed by atoms with E-state index in [-0.39, 0.29) is 0 Å². The highest BCUT2D eigenvalue weighted by atomic mass is 14.9. The van der Waals surface area contributed by atoms with Crippen LogP contribution < -0.4 is 5.32 Å². The second-order valence-electron chi connectivity index (χ2n) is 4.06. The van der Waals surface area contributed by atoms with Gasteiger partial charge in [0, 0.05) is 6.04 Å². The first kappa shape index (κ1) is 6.66. The standard InChI is InChI=1S/C9H17N/c1-2-5-10-8-6-9(7-8)3-4-9/h8,10H,2-7H2,1H3. The Bertz CT molecular complexity index is 119. The molecule has 10 heavy (non-hydrogen) atoms. The molecule has 1 nitrogen and oxygen atoms in total. The molecule has 0 aromatic rings. The van der Waals surface area contributed by atoms with Gasteiger partial charge in [-0.25, -0.2) is 0 Å². The van der Waals surface area contributed by atoms with Crippen LogP contribution in [-0.4, -0.2) is 12.6 Å². The van der Waals surface area contributed by atoms with Gasteiger partial charge >= 0.3 is 0 Å². The van der Waals surface area contributed by atoms with Gasteiger partial charge in [-0.05, 0) is 44.1 Å². The predicted molar refractivity (Wildman–Crippen MR) is 43.0 cm³/mol. The van der Waals surface area contributed by atoms with E-state index in [0.717, 1.165) is 11.5 Å². The molecular formula is C9H17N. The molecule has 2 aliphatic rings. The minimum Gasteiger partial charge on any atom is -0.314 e. The van der Waals surface area contributed by atoms with Crippen molar-refractivity contribution in [2.45, 2.75) is 45.1 Å². The maximum absolute atomic E-state index is 3.56. The van der Waals surface area contributed by atoms with Gasteiger partial charge in [-0.2, -0.15) is 0 Å². The zero-order valence-corrected chi connectivity index (χ0v) is 6.82. The van der Waals surface area contributed by atoms with Crippen LogP contribution in [0.15, 0.2) is 0 Å². The van der Waals surface area contributed by atoms with Crippen molar-refractivity contribution in [1.29, 1.82) is 0 Å². The van der Waals surface area contributed by atoms with Crippen LogP contribution in [0, 0.1) is 5.41 Å². The molecule has 0 aromatic carbocycles. The van der Waals surface area contributed by atoms with Gasteiger partial charge in [0.05, 0.1) is 0 Å². The van der Waals surface area contributed by atoms with Crippen LogP contribution in [0.25, 0.3) is 0 Å². The topological polar surface area (TPSA) is 12.0 Å². The largest absolute Gasteiger partial charge is 0.314 e. The number of rotatable bonds is 3. The lowest BCUT2D eigenvalue weighted by Crippen LogP contribution is -2.42. The second-order valence-corrected chi connectivity index (χ2v) is 4.06. The van der Waals surface area contributed by atoms with Crippen molar-refractivity contribution in [2.24, 2.45) is 5.41 Å². The third-order valence-corrected chi connectivity index (χ3v) is 3.00. The summed E-state index contributed by atoms with van der Waals surface area (Å²) in [5, 5.41) is 3.56. The molecule has 2 fully saturated rings. The molecular weight excluding hydrogens is 122 g/mol. The van der Waals surface area contributed by atoms with E-state index in [1.165, 1.54) is 38.6 Å². The van der Waals surface area contributed by atoms with Crippen LogP contribution >= 0.6 is 0 Å². The normalized spacial score (nSPS) is 28.5. The van der Waals surface area contributed by atoms with E-state index in [1.54, 1.807) is 0 Å². The summed E-state index contributed by atoms with van der Waals surface area (Å²) in [6.45, 7) is 3.46. The molecule has 0 radical (unpaired) electrons. The SMILES string of the molecule is CCCNC1CC2(CC2)C1. The maximum Gasteiger partial charge on any atom is 0.00776 e. The van der Waals surface area contributed by atoms with Gasteiger partial charge in [0.2, 0.25) is 0 Å². The van der Waals surface area contributed by atoms with E-state index >= 15 is 0 Å². The Morgan fingerprint density at radius 3 is 2.60 bits per heavy atom. The molecule has 0 bridgehead atoms. The molecule has 0 saturated heterocycles. The van der Waals surface area contributed by atoms with Gasteiger partial charge in [0.1, 0.15) is 0 Å². The molecule has 2 rings (SSSR count). The Balaban J connectivity index is 1.61. The van der Waals surface area contributed by atoms with Crippen molar-refractivity contribution in [2.75, 3.05) is 6.54 Å². The Morgan fingerprint density at radius 2 is 2.10 bits per heavy atom. The smallest absolute Gasteiger partial charge is 0.00776 e. The third kappa shape index (κ3) is 1.07. The fourth-order valence-corrected chi connectivity index (χ4v) is 2.06. The highest BCUT2D eigenvalue weighted by molar-refractivity contribution is 5.06. The molecule has 0 atom stereocenters. The summed E-state index contributed by atoms with van der Waals surface area (Å²) >= 11 is 0. The van der Waals surface area contributed by atoms with Crippen molar-refractivity contribution in [3.8, 4) is 0 Å². The van der Waals surface area contributed by atoms with Crippen molar-refractivity contribution in [3.05, 3.63) is 0 Å². The minimum absolute atomic E-state index is 0.880. The average molecular weight is 139 g/mol. The number of hydrogen-bond donors (Lipinski definition) is 1. The first-order valence-corrected chi connectivity index (χ1v) is 4.58. The number of nitrogens with one attached hydrogen (secondary N) is 1. The Labute approximate surface area is 63.2 Å². The van der Waals surface area contributed by atoms with Gasteiger partial charge in [-0.15, -0.1) is 0 Å². The summed E-state index contributed by atoms with van der Waals surface area (Å²) in [7, 11) is 0. The van der Waals surface area contributed by atoms with E-state index in [0.29, 0.717) is 0 Å². The highest BCUT2D eigenvalue weighted by Crippen LogP contribution is 2.60. The minimum atomic E-state index is 0.880. The highest BCUT2D eigenvalue weighted by Gasteiger charge is 2.52. The van der Waals surface area contributed by atoms with Crippen LogP contribution in [-0.2, 0) is 0 Å². The quantitative estimate of drug-likeness (QED) is 0.630. The summed E-state index contributed by atoms with van der Waals surface area (Å²) in [5.74, 6) is 0. The van der Waals surface area contributed by atoms with E-state index in [4.69, 9.17) is 0 Å². The van der Waals surface area contributed by atoms with Crippen LogP contribution in [0.5, 0.6) is 0 Å². The lowest BCUT2D eigenvalue weighted by atomic mass is 9.77. The Kier molecular flexibility index (Phi) is 1.48. The van der Waals surface area contributed by atoms with E-state index in [2.05, 4.69) is 12.2 Å². The van der Waals surface area contributed by atoms with Gasteiger partial charge in [-0.3, -0.25) is 0 Å². The molecule has 2 saturated carbocycles. The van der Waals surface area contributed by atoms with Crippen molar-refractivity contribution >= 4 is 0 Å². The first-order chi connectivity index (χ1) is 4.85. The van der Waals surface area contributed by atoms with Crippen molar-refractivity contribution in [3.63, 3.8) is 0 Å². The Hall–Kier alpha value is -0.0400. The number of hydrogen-bond acceptors (Lipinski definition) is 1. The summed E-state index contributed by atoms with van der Waals surface area (Å²) in [6.07, 6.45) is 7.29. The summed E-state index contributed by atoms with van der Waals surface area (Å²) in [4.78, 5) is 0. The maximum atomic E-state index is 3.56. The summed E-state index contributed by atoms with van der Waals surface area (Å²) in [6, 6.07) is 0.891. The molecule has 58 valence electrons. The summed E-state index contributed by atoms with van der Waals surface area (Å²) in [5.41, 5.74) is 0.880. The van der Waals surface area contributed by atoms with Crippen LogP contribution in [0.2, 0.25) is 0 Å². The van der Waals surface area contributed by atoms with Gasteiger partial charge in [0.15, 0.2) is 0 Å². The molecule has 0 unspecified atom stereocenters. The fourth-order valence-electron chi connectivity index (χ4n) is 2.06. The molecule has 1 spiro atoms. The van der Waals surface area contributed by atoms with Gasteiger partial charge in [0.25, 0.3) is 0 Å². The zero-order valence-electron chi connectivity index (χ0n) is 6.82. The molecule has 2 aliphatic carbocycles. The van der Waals surface area contributed by atoms with Crippen LogP contribution in [0.4, 0.5) is 0 Å². The van der Waals surface area contributed by atoms with E-state index < -0.39 is 0 Å². The van der Waals surface area contributed by atoms with E-state index in [9.17, 15) is 0 Å². The van der Waals surface area contributed by atoms with Crippen molar-refractivity contribution in [1.82, 2.24) is 5.32 Å². The fraction of sp³-hybridized carbons (Fsp3) is 1.00. The summed E-state index contributed by atoms with van der Waals surface area (Å²) < 4.78 is 0. The second kappa shape index (κ2) is 2.23. The van der Waals surface area contributed by atoms with E-state index in [1.807, 2.05) is 0 Å².